The Kier molecular flexibility index (Phi) is 4.32. The Morgan fingerprint density at radius 1 is 1.48 bits per heavy atom. The van der Waals surface area contributed by atoms with E-state index in [-0.39, 0.29) is 21.4 Å². The van der Waals surface area contributed by atoms with Crippen LogP contribution in [0.2, 0.25) is 5.02 Å². The zero-order valence-electron chi connectivity index (χ0n) is 11.3. The van der Waals surface area contributed by atoms with Crippen LogP contribution in [0.25, 0.3) is 0 Å². The summed E-state index contributed by atoms with van der Waals surface area (Å²) in [6.07, 6.45) is 1.51. The summed E-state index contributed by atoms with van der Waals surface area (Å²) in [7, 11) is -3.79. The van der Waals surface area contributed by atoms with Gasteiger partial charge in [-0.1, -0.05) is 11.6 Å². The van der Waals surface area contributed by atoms with Crippen molar-refractivity contribution < 1.29 is 12.8 Å². The molecule has 0 radical (unpaired) electrons. The van der Waals surface area contributed by atoms with Crippen molar-refractivity contribution in [3.05, 3.63) is 46.6 Å². The zero-order chi connectivity index (χ0) is 15.6. The van der Waals surface area contributed by atoms with Gasteiger partial charge in [-0.2, -0.15) is 9.98 Å². The van der Waals surface area contributed by atoms with Crippen molar-refractivity contribution in [2.45, 2.75) is 24.8 Å². The van der Waals surface area contributed by atoms with Gasteiger partial charge in [0.05, 0.1) is 27.7 Å². The highest BCUT2D eigenvalue weighted by Crippen LogP contribution is 2.22. The molecule has 2 aromatic rings. The van der Waals surface area contributed by atoms with E-state index < -0.39 is 16.1 Å². The van der Waals surface area contributed by atoms with E-state index in [9.17, 15) is 8.42 Å². The summed E-state index contributed by atoms with van der Waals surface area (Å²) < 4.78 is 32.2. The second-order valence-corrected chi connectivity index (χ2v) is 6.53. The van der Waals surface area contributed by atoms with Gasteiger partial charge >= 0.3 is 0 Å². The van der Waals surface area contributed by atoms with E-state index in [4.69, 9.17) is 21.3 Å². The highest BCUT2D eigenvalue weighted by atomic mass is 35.5. The number of hydrogen-bond acceptors (Lipinski definition) is 5. The number of aryl methyl sites for hydroxylation is 1. The smallest absolute Gasteiger partial charge is 0.241 e. The second kappa shape index (κ2) is 5.85. The van der Waals surface area contributed by atoms with Crippen LogP contribution in [0.3, 0.4) is 0 Å². The second-order valence-electron chi connectivity index (χ2n) is 4.41. The van der Waals surface area contributed by atoms with Gasteiger partial charge in [-0.3, -0.25) is 0 Å². The Bertz CT molecular complexity index is 808. The first-order valence-electron chi connectivity index (χ1n) is 5.98. The number of benzene rings is 1. The molecular formula is C13H12ClN3O3S. The van der Waals surface area contributed by atoms with Crippen LogP contribution in [0.5, 0.6) is 0 Å². The Morgan fingerprint density at radius 3 is 2.71 bits per heavy atom. The van der Waals surface area contributed by atoms with Gasteiger partial charge in [0.2, 0.25) is 15.9 Å². The molecule has 0 aliphatic rings. The number of nitriles is 1. The minimum absolute atomic E-state index is 0.0263. The van der Waals surface area contributed by atoms with Crippen molar-refractivity contribution in [3.63, 3.8) is 0 Å². The highest BCUT2D eigenvalue weighted by molar-refractivity contribution is 7.89. The van der Waals surface area contributed by atoms with Crippen molar-refractivity contribution in [1.82, 2.24) is 9.71 Å². The van der Waals surface area contributed by atoms with Crippen LogP contribution in [0, 0.1) is 18.3 Å². The van der Waals surface area contributed by atoms with Gasteiger partial charge in [-0.05, 0) is 32.0 Å². The van der Waals surface area contributed by atoms with E-state index in [0.29, 0.717) is 5.76 Å². The summed E-state index contributed by atoms with van der Waals surface area (Å²) in [5.41, 5.74) is 0.215. The average molecular weight is 326 g/mol. The number of rotatable bonds is 4. The molecule has 0 aliphatic heterocycles. The van der Waals surface area contributed by atoms with Crippen molar-refractivity contribution in [2.75, 3.05) is 0 Å². The number of sulfonamides is 1. The molecule has 6 nitrogen and oxygen atoms in total. The van der Waals surface area contributed by atoms with Crippen LogP contribution in [0.15, 0.2) is 33.7 Å². The van der Waals surface area contributed by atoms with E-state index >= 15 is 0 Å². The molecule has 1 N–H and O–H groups in total. The van der Waals surface area contributed by atoms with Gasteiger partial charge in [0.25, 0.3) is 0 Å². The third-order valence-corrected chi connectivity index (χ3v) is 4.56. The monoisotopic (exact) mass is 325 g/mol. The molecule has 0 fully saturated rings. The Balaban J connectivity index is 2.26. The van der Waals surface area contributed by atoms with E-state index in [0.717, 1.165) is 0 Å². The quantitative estimate of drug-likeness (QED) is 0.931. The molecule has 0 saturated heterocycles. The molecule has 0 aliphatic carbocycles. The summed E-state index contributed by atoms with van der Waals surface area (Å²) in [5.74, 6) is 0.869. The standard InChI is InChI=1S/C13H12ClN3O3S/c1-8-7-16-13(20-8)9(2)17-21(18,19)11-4-3-10(6-15)12(14)5-11/h3-5,7,9,17H,1-2H3. The van der Waals surface area contributed by atoms with Crippen LogP contribution in [0.4, 0.5) is 0 Å². The first-order valence-corrected chi connectivity index (χ1v) is 7.84. The molecule has 0 spiro atoms. The molecule has 110 valence electrons. The van der Waals surface area contributed by atoms with Crippen LogP contribution in [0.1, 0.15) is 30.2 Å². The fourth-order valence-electron chi connectivity index (χ4n) is 1.68. The molecule has 21 heavy (non-hydrogen) atoms. The van der Waals surface area contributed by atoms with Gasteiger partial charge in [0.1, 0.15) is 11.8 Å². The summed E-state index contributed by atoms with van der Waals surface area (Å²) >= 11 is 5.85. The molecule has 2 rings (SSSR count). The molecule has 0 saturated carbocycles. The number of halogens is 1. The van der Waals surface area contributed by atoms with Crippen molar-refractivity contribution in [1.29, 1.82) is 5.26 Å². The van der Waals surface area contributed by atoms with E-state index in [1.54, 1.807) is 13.8 Å². The van der Waals surface area contributed by atoms with Gasteiger partial charge in [0.15, 0.2) is 0 Å². The first kappa shape index (κ1) is 15.5. The molecule has 1 unspecified atom stereocenters. The maximum absolute atomic E-state index is 12.3. The number of aromatic nitrogens is 1. The normalized spacial score (nSPS) is 12.9. The van der Waals surface area contributed by atoms with Crippen LogP contribution < -0.4 is 4.72 Å². The van der Waals surface area contributed by atoms with Gasteiger partial charge in [-0.25, -0.2) is 13.4 Å². The number of nitrogens with one attached hydrogen (secondary N) is 1. The highest BCUT2D eigenvalue weighted by Gasteiger charge is 2.22. The molecule has 0 bridgehead atoms. The van der Waals surface area contributed by atoms with Gasteiger partial charge < -0.3 is 4.42 Å². The lowest BCUT2D eigenvalue weighted by Gasteiger charge is -2.11. The van der Waals surface area contributed by atoms with E-state index in [1.807, 2.05) is 6.07 Å². The Labute approximate surface area is 127 Å². The fraction of sp³-hybridized carbons (Fsp3) is 0.231. The van der Waals surface area contributed by atoms with Gasteiger partial charge in [-0.15, -0.1) is 0 Å². The number of oxazole rings is 1. The molecular weight excluding hydrogens is 314 g/mol. The van der Waals surface area contributed by atoms with Crippen molar-refractivity contribution >= 4 is 21.6 Å². The molecule has 1 aromatic carbocycles. The van der Waals surface area contributed by atoms with Crippen molar-refractivity contribution in [2.24, 2.45) is 0 Å². The molecule has 8 heteroatoms. The van der Waals surface area contributed by atoms with E-state index in [1.165, 1.54) is 24.4 Å². The largest absolute Gasteiger partial charge is 0.444 e. The summed E-state index contributed by atoms with van der Waals surface area (Å²) in [4.78, 5) is 3.95. The van der Waals surface area contributed by atoms with Crippen molar-refractivity contribution in [3.8, 4) is 6.07 Å². The minimum Gasteiger partial charge on any atom is -0.444 e. The Hall–Kier alpha value is -1.88. The predicted octanol–water partition coefficient (Wildman–Crippen LogP) is 2.55. The fourth-order valence-corrected chi connectivity index (χ4v) is 3.19. The lowest BCUT2D eigenvalue weighted by Crippen LogP contribution is -2.27. The van der Waals surface area contributed by atoms with Crippen LogP contribution in [-0.4, -0.2) is 13.4 Å². The third-order valence-electron chi connectivity index (χ3n) is 2.71. The summed E-state index contributed by atoms with van der Waals surface area (Å²) in [5, 5.41) is 8.87. The van der Waals surface area contributed by atoms with Crippen LogP contribution in [-0.2, 0) is 10.0 Å². The average Bonchev–Trinajstić information content (AvgIpc) is 2.85. The van der Waals surface area contributed by atoms with Crippen LogP contribution >= 0.6 is 11.6 Å². The third kappa shape index (κ3) is 3.42. The lowest BCUT2D eigenvalue weighted by molar-refractivity contribution is 0.428. The maximum atomic E-state index is 12.3. The minimum atomic E-state index is -3.79. The molecule has 1 heterocycles. The summed E-state index contributed by atoms with van der Waals surface area (Å²) in [6.45, 7) is 3.34. The Morgan fingerprint density at radius 2 is 2.19 bits per heavy atom. The topological polar surface area (TPSA) is 96.0 Å². The zero-order valence-corrected chi connectivity index (χ0v) is 12.9. The maximum Gasteiger partial charge on any atom is 0.241 e. The lowest BCUT2D eigenvalue weighted by atomic mass is 10.2. The van der Waals surface area contributed by atoms with Gasteiger partial charge in [0, 0.05) is 0 Å². The molecule has 1 atom stereocenters. The molecule has 1 aromatic heterocycles. The van der Waals surface area contributed by atoms with E-state index in [2.05, 4.69) is 9.71 Å². The number of hydrogen-bond donors (Lipinski definition) is 1. The molecule has 0 amide bonds. The summed E-state index contributed by atoms with van der Waals surface area (Å²) in [6, 6.07) is 5.15. The first-order chi connectivity index (χ1) is 9.83. The SMILES string of the molecule is Cc1cnc(C(C)NS(=O)(=O)c2ccc(C#N)c(Cl)c2)o1. The number of nitrogens with zero attached hydrogens (tertiary/aromatic N) is 2. The predicted molar refractivity (Wildman–Crippen MR) is 76.1 cm³/mol.